The molecule has 0 bridgehead atoms. The van der Waals surface area contributed by atoms with E-state index >= 15 is 0 Å². The number of ketones is 1. The molecule has 0 aliphatic heterocycles. The molecular weight excluding hydrogens is 212 g/mol. The van der Waals surface area contributed by atoms with Crippen molar-refractivity contribution in [3.8, 4) is 0 Å². The molecule has 0 N–H and O–H groups in total. The first-order chi connectivity index (χ1) is 7.33. The van der Waals surface area contributed by atoms with E-state index in [2.05, 4.69) is 5.38 Å². The van der Waals surface area contributed by atoms with Gasteiger partial charge in [0.15, 0.2) is 5.78 Å². The third kappa shape index (κ3) is 5.67. The van der Waals surface area contributed by atoms with Crippen molar-refractivity contribution in [3.63, 3.8) is 0 Å². The van der Waals surface area contributed by atoms with Crippen molar-refractivity contribution < 1.29 is 14.3 Å². The maximum Gasteiger partial charge on any atom is 0.158 e. The lowest BCUT2D eigenvalue weighted by Crippen LogP contribution is -2.12. The Morgan fingerprint density at radius 3 is 3.00 bits per heavy atom. The summed E-state index contributed by atoms with van der Waals surface area (Å²) in [5.41, 5.74) is 1.23. The standard InChI is InChI=1S/C11H16O3S/c1-13-5-6-14-8-11(12)3-2-10-4-7-15-9-10/h4,7,9H,2-3,5-6,8H2,1H3. The molecule has 84 valence electrons. The fourth-order valence-corrected chi connectivity index (χ4v) is 1.82. The van der Waals surface area contributed by atoms with Gasteiger partial charge in [-0.1, -0.05) is 0 Å². The van der Waals surface area contributed by atoms with Crippen LogP contribution in [0.4, 0.5) is 0 Å². The molecule has 0 aliphatic carbocycles. The van der Waals surface area contributed by atoms with Gasteiger partial charge in [-0.25, -0.2) is 0 Å². The average Bonchev–Trinajstić information content (AvgIpc) is 2.74. The van der Waals surface area contributed by atoms with Gasteiger partial charge in [0, 0.05) is 13.5 Å². The third-order valence-electron chi connectivity index (χ3n) is 1.97. The number of thiophene rings is 1. The second-order valence-corrected chi connectivity index (χ2v) is 4.00. The Kier molecular flexibility index (Phi) is 6.23. The Hall–Kier alpha value is -0.710. The first-order valence-electron chi connectivity index (χ1n) is 4.92. The fourth-order valence-electron chi connectivity index (χ4n) is 1.12. The molecule has 1 aromatic heterocycles. The molecule has 0 radical (unpaired) electrons. The van der Waals surface area contributed by atoms with Crippen molar-refractivity contribution >= 4 is 17.1 Å². The summed E-state index contributed by atoms with van der Waals surface area (Å²) in [5.74, 6) is 0.150. The van der Waals surface area contributed by atoms with Crippen molar-refractivity contribution in [2.24, 2.45) is 0 Å². The number of ether oxygens (including phenoxy) is 2. The van der Waals surface area contributed by atoms with Crippen molar-refractivity contribution in [3.05, 3.63) is 22.4 Å². The second kappa shape index (κ2) is 7.56. The summed E-state index contributed by atoms with van der Waals surface area (Å²) in [5, 5.41) is 4.09. The fraction of sp³-hybridized carbons (Fsp3) is 0.545. The number of rotatable bonds is 8. The lowest BCUT2D eigenvalue weighted by molar-refractivity contribution is -0.123. The number of carbonyl (C=O) groups excluding carboxylic acids is 1. The molecule has 15 heavy (non-hydrogen) atoms. The van der Waals surface area contributed by atoms with Crippen LogP contribution in [0.15, 0.2) is 16.8 Å². The van der Waals surface area contributed by atoms with Crippen molar-refractivity contribution in [2.45, 2.75) is 12.8 Å². The van der Waals surface area contributed by atoms with E-state index in [4.69, 9.17) is 9.47 Å². The van der Waals surface area contributed by atoms with Crippen molar-refractivity contribution in [1.82, 2.24) is 0 Å². The van der Waals surface area contributed by atoms with Gasteiger partial charge in [-0.3, -0.25) is 4.79 Å². The highest BCUT2D eigenvalue weighted by atomic mass is 32.1. The van der Waals surface area contributed by atoms with Crippen LogP contribution in [0.2, 0.25) is 0 Å². The molecule has 0 aliphatic rings. The molecule has 0 saturated heterocycles. The van der Waals surface area contributed by atoms with Crippen LogP contribution < -0.4 is 0 Å². The minimum atomic E-state index is 0.150. The lowest BCUT2D eigenvalue weighted by atomic mass is 10.1. The van der Waals surface area contributed by atoms with Gasteiger partial charge in [0.1, 0.15) is 6.61 Å². The highest BCUT2D eigenvalue weighted by Gasteiger charge is 2.02. The highest BCUT2D eigenvalue weighted by Crippen LogP contribution is 2.08. The molecule has 0 amide bonds. The minimum absolute atomic E-state index is 0.150. The molecule has 0 fully saturated rings. The Labute approximate surface area is 94.0 Å². The molecule has 1 rings (SSSR count). The summed E-state index contributed by atoms with van der Waals surface area (Å²) in [6.45, 7) is 1.23. The molecule has 3 nitrogen and oxygen atoms in total. The molecule has 0 aromatic carbocycles. The Morgan fingerprint density at radius 1 is 1.47 bits per heavy atom. The predicted octanol–water partition coefficient (Wildman–Crippen LogP) is 1.91. The molecule has 0 saturated carbocycles. The lowest BCUT2D eigenvalue weighted by Gasteiger charge is -2.02. The van der Waals surface area contributed by atoms with Crippen molar-refractivity contribution in [1.29, 1.82) is 0 Å². The Balaban J connectivity index is 2.04. The van der Waals surface area contributed by atoms with Crippen LogP contribution in [0.25, 0.3) is 0 Å². The summed E-state index contributed by atoms with van der Waals surface area (Å²) in [4.78, 5) is 11.3. The van der Waals surface area contributed by atoms with Crippen LogP contribution >= 0.6 is 11.3 Å². The Morgan fingerprint density at radius 2 is 2.33 bits per heavy atom. The predicted molar refractivity (Wildman–Crippen MR) is 60.3 cm³/mol. The van der Waals surface area contributed by atoms with Crippen molar-refractivity contribution in [2.75, 3.05) is 26.9 Å². The molecule has 0 spiro atoms. The van der Waals surface area contributed by atoms with E-state index in [-0.39, 0.29) is 12.4 Å². The SMILES string of the molecule is COCCOCC(=O)CCc1ccsc1. The van der Waals surface area contributed by atoms with Gasteiger partial charge in [0.25, 0.3) is 0 Å². The average molecular weight is 228 g/mol. The number of hydrogen-bond acceptors (Lipinski definition) is 4. The number of methoxy groups -OCH3 is 1. The van der Waals surface area contributed by atoms with E-state index in [1.807, 2.05) is 11.4 Å². The molecule has 1 aromatic rings. The van der Waals surface area contributed by atoms with Crippen LogP contribution in [0.1, 0.15) is 12.0 Å². The van der Waals surface area contributed by atoms with Gasteiger partial charge in [-0.15, -0.1) is 0 Å². The Bertz CT molecular complexity index is 269. The summed E-state index contributed by atoms with van der Waals surface area (Å²) in [6.07, 6.45) is 1.37. The first kappa shape index (κ1) is 12.4. The van der Waals surface area contributed by atoms with E-state index in [1.165, 1.54) is 5.56 Å². The summed E-state index contributed by atoms with van der Waals surface area (Å²) >= 11 is 1.66. The number of aryl methyl sites for hydroxylation is 1. The summed E-state index contributed by atoms with van der Waals surface area (Å²) < 4.78 is 9.94. The number of hydrogen-bond donors (Lipinski definition) is 0. The van der Waals surface area contributed by atoms with Gasteiger partial charge >= 0.3 is 0 Å². The molecule has 1 heterocycles. The van der Waals surface area contributed by atoms with Crippen LogP contribution in [-0.4, -0.2) is 32.7 Å². The zero-order chi connectivity index (χ0) is 10.9. The largest absolute Gasteiger partial charge is 0.382 e. The summed E-state index contributed by atoms with van der Waals surface area (Å²) in [7, 11) is 1.61. The molecular formula is C11H16O3S. The number of carbonyl (C=O) groups is 1. The van der Waals surface area contributed by atoms with E-state index in [0.717, 1.165) is 6.42 Å². The van der Waals surface area contributed by atoms with Gasteiger partial charge in [-0.2, -0.15) is 11.3 Å². The smallest absolute Gasteiger partial charge is 0.158 e. The van der Waals surface area contributed by atoms with Crippen LogP contribution in [0.5, 0.6) is 0 Å². The number of Topliss-reactive ketones (excluding diaryl/α,β-unsaturated/α-hetero) is 1. The second-order valence-electron chi connectivity index (χ2n) is 3.22. The molecule has 0 unspecified atom stereocenters. The zero-order valence-corrected chi connectivity index (χ0v) is 9.72. The maximum absolute atomic E-state index is 11.3. The third-order valence-corrected chi connectivity index (χ3v) is 2.70. The minimum Gasteiger partial charge on any atom is -0.382 e. The van der Waals surface area contributed by atoms with Gasteiger partial charge in [0.2, 0.25) is 0 Å². The van der Waals surface area contributed by atoms with Crippen LogP contribution in [-0.2, 0) is 20.7 Å². The monoisotopic (exact) mass is 228 g/mol. The topological polar surface area (TPSA) is 35.5 Å². The van der Waals surface area contributed by atoms with E-state index in [1.54, 1.807) is 18.4 Å². The van der Waals surface area contributed by atoms with Gasteiger partial charge < -0.3 is 9.47 Å². The molecule has 4 heteroatoms. The van der Waals surface area contributed by atoms with E-state index in [9.17, 15) is 4.79 Å². The normalized spacial score (nSPS) is 10.5. The molecule has 0 atom stereocenters. The van der Waals surface area contributed by atoms with E-state index < -0.39 is 0 Å². The van der Waals surface area contributed by atoms with Gasteiger partial charge in [0.05, 0.1) is 13.2 Å². The first-order valence-corrected chi connectivity index (χ1v) is 5.86. The maximum atomic E-state index is 11.3. The highest BCUT2D eigenvalue weighted by molar-refractivity contribution is 7.07. The van der Waals surface area contributed by atoms with Crippen LogP contribution in [0.3, 0.4) is 0 Å². The zero-order valence-electron chi connectivity index (χ0n) is 8.90. The quantitative estimate of drug-likeness (QED) is 0.638. The van der Waals surface area contributed by atoms with Crippen LogP contribution in [0, 0.1) is 0 Å². The summed E-state index contributed by atoms with van der Waals surface area (Å²) in [6, 6.07) is 2.05. The van der Waals surface area contributed by atoms with E-state index in [0.29, 0.717) is 19.6 Å². The van der Waals surface area contributed by atoms with Gasteiger partial charge in [-0.05, 0) is 28.8 Å².